The van der Waals surface area contributed by atoms with E-state index in [0.717, 1.165) is 21.9 Å². The Morgan fingerprint density at radius 2 is 1.76 bits per heavy atom. The van der Waals surface area contributed by atoms with Crippen LogP contribution in [0.25, 0.3) is 22.4 Å². The summed E-state index contributed by atoms with van der Waals surface area (Å²) in [5.41, 5.74) is 2.52. The van der Waals surface area contributed by atoms with Gasteiger partial charge in [-0.15, -0.1) is 0 Å². The number of rotatable bonds is 6. The lowest BCUT2D eigenvalue weighted by Gasteiger charge is -2.11. The van der Waals surface area contributed by atoms with Crippen molar-refractivity contribution >= 4 is 28.4 Å². The highest BCUT2D eigenvalue weighted by Crippen LogP contribution is 2.23. The van der Waals surface area contributed by atoms with Crippen LogP contribution < -0.4 is 0 Å². The molecule has 1 aromatic heterocycles. The van der Waals surface area contributed by atoms with Gasteiger partial charge in [0.15, 0.2) is 0 Å². The molecule has 0 atom stereocenters. The van der Waals surface area contributed by atoms with Crippen LogP contribution in [-0.2, 0) is 16.1 Å². The number of benzene rings is 3. The van der Waals surface area contributed by atoms with E-state index in [2.05, 4.69) is 41.4 Å². The van der Waals surface area contributed by atoms with E-state index >= 15 is 0 Å². The minimum Gasteiger partial charge on any atom is -0.462 e. The quantitative estimate of drug-likeness (QED) is 0.341. The number of esters is 1. The van der Waals surface area contributed by atoms with Crippen LogP contribution >= 0.6 is 0 Å². The van der Waals surface area contributed by atoms with Crippen LogP contribution in [-0.4, -0.2) is 22.1 Å². The molecule has 29 heavy (non-hydrogen) atoms. The van der Waals surface area contributed by atoms with Gasteiger partial charge in [0, 0.05) is 18.9 Å². The average Bonchev–Trinajstić information content (AvgIpc) is 3.20. The molecule has 0 saturated heterocycles. The van der Waals surface area contributed by atoms with Gasteiger partial charge in [-0.25, -0.2) is 9.78 Å². The van der Waals surface area contributed by atoms with Gasteiger partial charge in [-0.2, -0.15) is 0 Å². The van der Waals surface area contributed by atoms with Gasteiger partial charge in [-0.05, 0) is 41.0 Å². The molecule has 4 nitrogen and oxygen atoms in total. The predicted molar refractivity (Wildman–Crippen MR) is 116 cm³/mol. The summed E-state index contributed by atoms with van der Waals surface area (Å²) in [4.78, 5) is 17.2. The van der Waals surface area contributed by atoms with Crippen molar-refractivity contribution in [3.8, 4) is 0 Å². The maximum atomic E-state index is 12.8. The van der Waals surface area contributed by atoms with Gasteiger partial charge in [0.05, 0.1) is 6.61 Å². The fourth-order valence-corrected chi connectivity index (χ4v) is 3.35. The smallest absolute Gasteiger partial charge is 0.341 e. The van der Waals surface area contributed by atoms with Crippen LogP contribution in [0.3, 0.4) is 0 Å². The summed E-state index contributed by atoms with van der Waals surface area (Å²) >= 11 is 0. The number of aromatic nitrogens is 2. The number of carbonyl (C=O) groups excluding carboxylic acids is 1. The van der Waals surface area contributed by atoms with E-state index < -0.39 is 0 Å². The van der Waals surface area contributed by atoms with Crippen molar-refractivity contribution in [1.29, 1.82) is 0 Å². The molecule has 0 amide bonds. The van der Waals surface area contributed by atoms with Crippen LogP contribution in [0.15, 0.2) is 85.2 Å². The van der Waals surface area contributed by atoms with Crippen LogP contribution in [0.2, 0.25) is 0 Å². The maximum Gasteiger partial charge on any atom is 0.341 e. The first kappa shape index (κ1) is 18.7. The van der Waals surface area contributed by atoms with Gasteiger partial charge in [0.2, 0.25) is 0 Å². The third kappa shape index (κ3) is 4.27. The number of fused-ring (bicyclic) bond motifs is 1. The molecular weight excluding hydrogens is 360 g/mol. The van der Waals surface area contributed by atoms with Crippen LogP contribution in [0.4, 0.5) is 0 Å². The molecule has 0 unspecified atom stereocenters. The summed E-state index contributed by atoms with van der Waals surface area (Å²) < 4.78 is 7.30. The summed E-state index contributed by atoms with van der Waals surface area (Å²) in [5, 5.41) is 2.28. The lowest BCUT2D eigenvalue weighted by atomic mass is 10.0. The molecule has 0 radical (unpaired) electrons. The van der Waals surface area contributed by atoms with Crippen molar-refractivity contribution in [2.45, 2.75) is 13.5 Å². The maximum absolute atomic E-state index is 12.8. The van der Waals surface area contributed by atoms with Gasteiger partial charge < -0.3 is 9.30 Å². The van der Waals surface area contributed by atoms with Gasteiger partial charge in [-0.1, -0.05) is 66.7 Å². The third-order valence-electron chi connectivity index (χ3n) is 4.73. The molecule has 0 aliphatic heterocycles. The third-order valence-corrected chi connectivity index (χ3v) is 4.73. The fourth-order valence-electron chi connectivity index (χ4n) is 3.35. The first-order valence-electron chi connectivity index (χ1n) is 9.67. The van der Waals surface area contributed by atoms with Gasteiger partial charge in [-0.3, -0.25) is 0 Å². The second kappa shape index (κ2) is 8.57. The van der Waals surface area contributed by atoms with E-state index in [1.807, 2.05) is 60.2 Å². The topological polar surface area (TPSA) is 44.1 Å². The number of carbonyl (C=O) groups is 1. The van der Waals surface area contributed by atoms with Gasteiger partial charge in [0.25, 0.3) is 0 Å². The zero-order valence-electron chi connectivity index (χ0n) is 16.3. The number of hydrogen-bond acceptors (Lipinski definition) is 3. The molecule has 4 heteroatoms. The first-order chi connectivity index (χ1) is 14.2. The molecule has 0 saturated carbocycles. The first-order valence-corrected chi connectivity index (χ1v) is 9.67. The monoisotopic (exact) mass is 382 g/mol. The minimum absolute atomic E-state index is 0.313. The standard InChI is InChI=1S/C25H22N2O2/c1-2-29-25(28)23(17-20-12-13-21-10-6-7-11-22(21)16-20)24-26-14-15-27(24)18-19-8-4-3-5-9-19/h3-17H,2,18H2,1H3/b23-17+. The lowest BCUT2D eigenvalue weighted by molar-refractivity contribution is -0.136. The molecule has 0 spiro atoms. The minimum atomic E-state index is -0.374. The molecule has 0 aliphatic rings. The number of nitrogens with zero attached hydrogens (tertiary/aromatic N) is 2. The SMILES string of the molecule is CCOC(=O)/C(=C/c1ccc2ccccc2c1)c1nccn1Cc1ccccc1. The van der Waals surface area contributed by atoms with Crippen molar-refractivity contribution in [2.75, 3.05) is 6.61 Å². The Balaban J connectivity index is 1.75. The number of imidazole rings is 1. The van der Waals surface area contributed by atoms with E-state index in [1.165, 1.54) is 0 Å². The van der Waals surface area contributed by atoms with E-state index in [1.54, 1.807) is 6.20 Å². The molecular formula is C25H22N2O2. The second-order valence-corrected chi connectivity index (χ2v) is 6.75. The molecule has 0 N–H and O–H groups in total. The van der Waals surface area contributed by atoms with Gasteiger partial charge in [0.1, 0.15) is 11.4 Å². The average molecular weight is 382 g/mol. The summed E-state index contributed by atoms with van der Waals surface area (Å²) in [6.07, 6.45) is 5.45. The Morgan fingerprint density at radius 3 is 2.55 bits per heavy atom. The molecule has 3 aromatic carbocycles. The van der Waals surface area contributed by atoms with Crippen LogP contribution in [0, 0.1) is 0 Å². The van der Waals surface area contributed by atoms with Crippen molar-refractivity contribution in [3.63, 3.8) is 0 Å². The van der Waals surface area contributed by atoms with Crippen molar-refractivity contribution in [3.05, 3.63) is 102 Å². The van der Waals surface area contributed by atoms with E-state index in [0.29, 0.717) is 24.5 Å². The zero-order valence-corrected chi connectivity index (χ0v) is 16.3. The Bertz CT molecular complexity index is 1160. The Morgan fingerprint density at radius 1 is 1.00 bits per heavy atom. The lowest BCUT2D eigenvalue weighted by Crippen LogP contribution is -2.12. The second-order valence-electron chi connectivity index (χ2n) is 6.75. The molecule has 0 aliphatic carbocycles. The van der Waals surface area contributed by atoms with Crippen molar-refractivity contribution in [2.24, 2.45) is 0 Å². The van der Waals surface area contributed by atoms with Crippen LogP contribution in [0.1, 0.15) is 23.9 Å². The molecule has 4 rings (SSSR count). The highest BCUT2D eigenvalue weighted by atomic mass is 16.5. The highest BCUT2D eigenvalue weighted by molar-refractivity contribution is 6.20. The summed E-state index contributed by atoms with van der Waals surface area (Å²) in [6.45, 7) is 2.75. The highest BCUT2D eigenvalue weighted by Gasteiger charge is 2.19. The normalized spacial score (nSPS) is 11.6. The number of ether oxygens (including phenoxy) is 1. The van der Waals surface area contributed by atoms with E-state index in [-0.39, 0.29) is 5.97 Å². The molecule has 144 valence electrons. The Labute approximate surface area is 170 Å². The number of hydrogen-bond donors (Lipinski definition) is 0. The molecule has 4 aromatic rings. The largest absolute Gasteiger partial charge is 0.462 e. The van der Waals surface area contributed by atoms with E-state index in [9.17, 15) is 4.79 Å². The summed E-state index contributed by atoms with van der Waals surface area (Å²) in [5.74, 6) is 0.224. The Kier molecular flexibility index (Phi) is 5.52. The zero-order chi connectivity index (χ0) is 20.1. The molecule has 0 bridgehead atoms. The van der Waals surface area contributed by atoms with Crippen molar-refractivity contribution in [1.82, 2.24) is 9.55 Å². The predicted octanol–water partition coefficient (Wildman–Crippen LogP) is 5.19. The Hall–Kier alpha value is -3.66. The summed E-state index contributed by atoms with van der Waals surface area (Å²) in [6, 6.07) is 24.4. The van der Waals surface area contributed by atoms with Gasteiger partial charge >= 0.3 is 5.97 Å². The molecule has 0 fully saturated rings. The van der Waals surface area contributed by atoms with Crippen LogP contribution in [0.5, 0.6) is 0 Å². The van der Waals surface area contributed by atoms with Crippen molar-refractivity contribution < 1.29 is 9.53 Å². The summed E-state index contributed by atoms with van der Waals surface area (Å²) in [7, 11) is 0. The molecule has 1 heterocycles. The van der Waals surface area contributed by atoms with E-state index in [4.69, 9.17) is 4.74 Å². The fraction of sp³-hybridized carbons (Fsp3) is 0.120.